The van der Waals surface area contributed by atoms with E-state index < -0.39 is 0 Å². The molecule has 2 aromatic rings. The lowest BCUT2D eigenvalue weighted by Crippen LogP contribution is -2.42. The van der Waals surface area contributed by atoms with Gasteiger partial charge in [-0.1, -0.05) is 67.6 Å². The lowest BCUT2D eigenvalue weighted by atomic mass is 9.81. The summed E-state index contributed by atoms with van der Waals surface area (Å²) >= 11 is 0. The summed E-state index contributed by atoms with van der Waals surface area (Å²) in [6.07, 6.45) is 2.60. The Morgan fingerprint density at radius 1 is 0.842 bits per heavy atom. The third-order valence-electron chi connectivity index (χ3n) is 4.04. The highest BCUT2D eigenvalue weighted by atomic mass is 15.0. The van der Waals surface area contributed by atoms with Crippen molar-refractivity contribution in [1.82, 2.24) is 5.32 Å². The van der Waals surface area contributed by atoms with Gasteiger partial charge >= 0.3 is 0 Å². The Kier molecular flexibility index (Phi) is 3.65. The Balaban J connectivity index is 1.83. The Bertz CT molecular complexity index is 460. The normalized spacial score (nSPS) is 22.2. The van der Waals surface area contributed by atoms with Gasteiger partial charge in [-0.2, -0.15) is 0 Å². The molecular weight excluding hydrogens is 230 g/mol. The zero-order chi connectivity index (χ0) is 13.1. The summed E-state index contributed by atoms with van der Waals surface area (Å²) in [7, 11) is 0. The molecule has 0 bridgehead atoms. The lowest BCUT2D eigenvalue weighted by Gasteiger charge is -2.37. The highest BCUT2D eigenvalue weighted by Gasteiger charge is 2.28. The Hall–Kier alpha value is -1.60. The molecule has 0 aliphatic heterocycles. The van der Waals surface area contributed by atoms with Crippen LogP contribution in [-0.2, 0) is 0 Å². The minimum Gasteiger partial charge on any atom is -0.303 e. The zero-order valence-corrected chi connectivity index (χ0v) is 11.4. The molecule has 1 aliphatic carbocycles. The molecule has 0 spiro atoms. The quantitative estimate of drug-likeness (QED) is 0.860. The summed E-state index contributed by atoms with van der Waals surface area (Å²) in [5, 5.41) is 3.82. The molecule has 0 saturated heterocycles. The van der Waals surface area contributed by atoms with Crippen LogP contribution < -0.4 is 5.32 Å². The molecular formula is C18H21N. The fourth-order valence-corrected chi connectivity index (χ4v) is 2.95. The molecule has 1 heteroatoms. The van der Waals surface area contributed by atoms with E-state index >= 15 is 0 Å². The number of rotatable bonds is 4. The van der Waals surface area contributed by atoms with Crippen molar-refractivity contribution in [3.05, 3.63) is 71.8 Å². The second-order valence-corrected chi connectivity index (χ2v) is 5.69. The summed E-state index contributed by atoms with van der Waals surface area (Å²) in [6, 6.07) is 22.5. The SMILES string of the molecule is CC1CC(NC(c2ccccc2)c2ccccc2)C1. The average Bonchev–Trinajstić information content (AvgIpc) is 2.44. The molecule has 0 amide bonds. The van der Waals surface area contributed by atoms with E-state index in [1.54, 1.807) is 0 Å². The third kappa shape index (κ3) is 2.87. The van der Waals surface area contributed by atoms with E-state index in [9.17, 15) is 0 Å². The monoisotopic (exact) mass is 251 g/mol. The molecule has 0 unspecified atom stereocenters. The van der Waals surface area contributed by atoms with Gasteiger partial charge in [-0.25, -0.2) is 0 Å². The maximum Gasteiger partial charge on any atom is 0.0578 e. The van der Waals surface area contributed by atoms with Gasteiger partial charge in [0.25, 0.3) is 0 Å². The van der Waals surface area contributed by atoms with Crippen LogP contribution in [0.1, 0.15) is 36.9 Å². The van der Waals surface area contributed by atoms with E-state index in [4.69, 9.17) is 0 Å². The molecule has 19 heavy (non-hydrogen) atoms. The van der Waals surface area contributed by atoms with Crippen molar-refractivity contribution in [1.29, 1.82) is 0 Å². The molecule has 1 aliphatic rings. The minimum absolute atomic E-state index is 0.319. The molecule has 1 saturated carbocycles. The van der Waals surface area contributed by atoms with E-state index in [-0.39, 0.29) is 0 Å². The highest BCUT2D eigenvalue weighted by molar-refractivity contribution is 5.31. The van der Waals surface area contributed by atoms with Crippen LogP contribution in [0, 0.1) is 5.92 Å². The topological polar surface area (TPSA) is 12.0 Å². The van der Waals surface area contributed by atoms with Crippen molar-refractivity contribution >= 4 is 0 Å². The van der Waals surface area contributed by atoms with Gasteiger partial charge in [0, 0.05) is 6.04 Å². The summed E-state index contributed by atoms with van der Waals surface area (Å²) in [4.78, 5) is 0. The first-order chi connectivity index (χ1) is 9.33. The van der Waals surface area contributed by atoms with Crippen LogP contribution in [0.2, 0.25) is 0 Å². The Morgan fingerprint density at radius 2 is 1.32 bits per heavy atom. The first-order valence-electron chi connectivity index (χ1n) is 7.19. The van der Waals surface area contributed by atoms with E-state index in [0.717, 1.165) is 5.92 Å². The van der Waals surface area contributed by atoms with E-state index in [0.29, 0.717) is 12.1 Å². The molecule has 0 radical (unpaired) electrons. The van der Waals surface area contributed by atoms with Gasteiger partial charge in [0.1, 0.15) is 0 Å². The van der Waals surface area contributed by atoms with Crippen LogP contribution in [0.3, 0.4) is 0 Å². The number of hydrogen-bond acceptors (Lipinski definition) is 1. The molecule has 0 aromatic heterocycles. The van der Waals surface area contributed by atoms with Crippen LogP contribution in [0.15, 0.2) is 60.7 Å². The highest BCUT2D eigenvalue weighted by Crippen LogP contribution is 2.31. The van der Waals surface area contributed by atoms with Crippen LogP contribution >= 0.6 is 0 Å². The molecule has 1 nitrogen and oxygen atoms in total. The molecule has 98 valence electrons. The maximum atomic E-state index is 3.82. The van der Waals surface area contributed by atoms with Crippen LogP contribution in [0.25, 0.3) is 0 Å². The molecule has 0 atom stereocenters. The van der Waals surface area contributed by atoms with Crippen LogP contribution in [0.5, 0.6) is 0 Å². The van der Waals surface area contributed by atoms with Gasteiger partial charge in [0.05, 0.1) is 6.04 Å². The fourth-order valence-electron chi connectivity index (χ4n) is 2.95. The molecule has 1 fully saturated rings. The summed E-state index contributed by atoms with van der Waals surface area (Å²) in [5.41, 5.74) is 2.71. The van der Waals surface area contributed by atoms with E-state index in [1.165, 1.54) is 24.0 Å². The van der Waals surface area contributed by atoms with Crippen molar-refractivity contribution in [3.8, 4) is 0 Å². The van der Waals surface area contributed by atoms with Gasteiger partial charge in [0.2, 0.25) is 0 Å². The van der Waals surface area contributed by atoms with Crippen LogP contribution in [-0.4, -0.2) is 6.04 Å². The predicted octanol–water partition coefficient (Wildman–Crippen LogP) is 4.16. The van der Waals surface area contributed by atoms with Gasteiger partial charge in [-0.3, -0.25) is 0 Å². The summed E-state index contributed by atoms with van der Waals surface area (Å²) in [6.45, 7) is 2.33. The van der Waals surface area contributed by atoms with Crippen molar-refractivity contribution in [3.63, 3.8) is 0 Å². The second-order valence-electron chi connectivity index (χ2n) is 5.69. The second kappa shape index (κ2) is 5.58. The number of nitrogens with one attached hydrogen (secondary N) is 1. The summed E-state index contributed by atoms with van der Waals surface area (Å²) in [5.74, 6) is 0.879. The fraction of sp³-hybridized carbons (Fsp3) is 0.333. The number of benzene rings is 2. The minimum atomic E-state index is 0.319. The van der Waals surface area contributed by atoms with Crippen molar-refractivity contribution in [2.24, 2.45) is 5.92 Å². The lowest BCUT2D eigenvalue weighted by molar-refractivity contribution is 0.230. The van der Waals surface area contributed by atoms with E-state index in [2.05, 4.69) is 72.9 Å². The summed E-state index contributed by atoms with van der Waals surface area (Å²) < 4.78 is 0. The maximum absolute atomic E-state index is 3.82. The third-order valence-corrected chi connectivity index (χ3v) is 4.04. The molecule has 0 heterocycles. The Morgan fingerprint density at radius 3 is 1.74 bits per heavy atom. The van der Waals surface area contributed by atoms with Crippen molar-refractivity contribution < 1.29 is 0 Å². The van der Waals surface area contributed by atoms with Crippen molar-refractivity contribution in [2.45, 2.75) is 31.8 Å². The van der Waals surface area contributed by atoms with Crippen LogP contribution in [0.4, 0.5) is 0 Å². The van der Waals surface area contributed by atoms with Gasteiger partial charge in [0.15, 0.2) is 0 Å². The van der Waals surface area contributed by atoms with E-state index in [1.807, 2.05) is 0 Å². The molecule has 1 N–H and O–H groups in total. The van der Waals surface area contributed by atoms with Crippen molar-refractivity contribution in [2.75, 3.05) is 0 Å². The molecule has 3 rings (SSSR count). The molecule has 2 aromatic carbocycles. The standard InChI is InChI=1S/C18H21N/c1-14-12-17(13-14)19-18(15-8-4-2-5-9-15)16-10-6-3-7-11-16/h2-11,14,17-19H,12-13H2,1H3. The first-order valence-corrected chi connectivity index (χ1v) is 7.19. The average molecular weight is 251 g/mol. The number of hydrogen-bond donors (Lipinski definition) is 1. The predicted molar refractivity (Wildman–Crippen MR) is 80.0 cm³/mol. The smallest absolute Gasteiger partial charge is 0.0578 e. The largest absolute Gasteiger partial charge is 0.303 e. The van der Waals surface area contributed by atoms with Gasteiger partial charge < -0.3 is 5.32 Å². The zero-order valence-electron chi connectivity index (χ0n) is 11.4. The first kappa shape index (κ1) is 12.4. The van der Waals surface area contributed by atoms with Gasteiger partial charge in [-0.15, -0.1) is 0 Å². The Labute approximate surface area is 115 Å². The van der Waals surface area contributed by atoms with Gasteiger partial charge in [-0.05, 0) is 29.9 Å².